The number of carbonyl (C=O) groups excluding carboxylic acids is 2. The summed E-state index contributed by atoms with van der Waals surface area (Å²) in [7, 11) is 0. The summed E-state index contributed by atoms with van der Waals surface area (Å²) in [6.07, 6.45) is 3.15. The molecule has 0 aromatic carbocycles. The Kier molecular flexibility index (Phi) is 6.66. The van der Waals surface area contributed by atoms with Crippen LogP contribution < -0.4 is 16.8 Å². The predicted molar refractivity (Wildman–Crippen MR) is 94.4 cm³/mol. The number of nitrogens with one attached hydrogen (secondary N) is 1. The third kappa shape index (κ3) is 4.85. The highest BCUT2D eigenvalue weighted by atomic mass is 16.1. The van der Waals surface area contributed by atoms with Gasteiger partial charge >= 0.3 is 0 Å². The molecule has 2 rings (SSSR count). The normalized spacial score (nSPS) is 19.6. The van der Waals surface area contributed by atoms with Crippen molar-refractivity contribution in [2.24, 2.45) is 29.2 Å². The van der Waals surface area contributed by atoms with E-state index in [4.69, 9.17) is 11.5 Å². The second-order valence-electron chi connectivity index (χ2n) is 7.37. The highest BCUT2D eigenvalue weighted by molar-refractivity contribution is 5.89. The summed E-state index contributed by atoms with van der Waals surface area (Å²) in [5.74, 6) is 0.0192. The van der Waals surface area contributed by atoms with Gasteiger partial charge in [-0.1, -0.05) is 26.0 Å². The Bertz CT molecular complexity index is 594. The van der Waals surface area contributed by atoms with E-state index in [1.165, 1.54) is 4.68 Å². The monoisotopic (exact) mass is 350 g/mol. The minimum atomic E-state index is -0.705. The zero-order chi connectivity index (χ0) is 18.6. The van der Waals surface area contributed by atoms with Gasteiger partial charge in [-0.05, 0) is 37.8 Å². The lowest BCUT2D eigenvalue weighted by molar-refractivity contribution is -0.130. The molecule has 0 saturated carbocycles. The summed E-state index contributed by atoms with van der Waals surface area (Å²) >= 11 is 0. The van der Waals surface area contributed by atoms with Gasteiger partial charge in [-0.3, -0.25) is 9.59 Å². The molecule has 0 radical (unpaired) electrons. The molecule has 1 saturated heterocycles. The van der Waals surface area contributed by atoms with Gasteiger partial charge in [0.15, 0.2) is 5.78 Å². The Labute approximate surface area is 148 Å². The molecule has 8 nitrogen and oxygen atoms in total. The highest BCUT2D eigenvalue weighted by Gasteiger charge is 2.32. The van der Waals surface area contributed by atoms with Gasteiger partial charge in [0.05, 0.1) is 24.4 Å². The Morgan fingerprint density at radius 1 is 1.32 bits per heavy atom. The van der Waals surface area contributed by atoms with E-state index >= 15 is 0 Å². The molecule has 1 aromatic heterocycles. The number of nitrogens with two attached hydrogens (primary N) is 2. The smallest absolute Gasteiger partial charge is 0.220 e. The number of ketones is 1. The number of piperidine rings is 1. The molecule has 2 heterocycles. The van der Waals surface area contributed by atoms with Crippen LogP contribution >= 0.6 is 0 Å². The van der Waals surface area contributed by atoms with Crippen molar-refractivity contribution >= 4 is 11.7 Å². The first kappa shape index (κ1) is 19.5. The largest absolute Gasteiger partial charge is 0.370 e. The zero-order valence-corrected chi connectivity index (χ0v) is 15.3. The lowest BCUT2D eigenvalue weighted by atomic mass is 9.88. The van der Waals surface area contributed by atoms with Gasteiger partial charge in [-0.25, -0.2) is 4.68 Å². The van der Waals surface area contributed by atoms with Crippen molar-refractivity contribution in [1.29, 1.82) is 0 Å². The maximum absolute atomic E-state index is 12.9. The molecule has 140 valence electrons. The van der Waals surface area contributed by atoms with Gasteiger partial charge in [-0.2, -0.15) is 0 Å². The topological polar surface area (TPSA) is 129 Å². The van der Waals surface area contributed by atoms with E-state index in [-0.39, 0.29) is 30.1 Å². The van der Waals surface area contributed by atoms with Gasteiger partial charge in [0.1, 0.15) is 6.04 Å². The maximum Gasteiger partial charge on any atom is 0.220 e. The van der Waals surface area contributed by atoms with Gasteiger partial charge in [0.25, 0.3) is 0 Å². The van der Waals surface area contributed by atoms with E-state index in [9.17, 15) is 9.59 Å². The second kappa shape index (κ2) is 8.53. The molecule has 1 fully saturated rings. The van der Waals surface area contributed by atoms with Gasteiger partial charge in [-0.15, -0.1) is 5.10 Å². The van der Waals surface area contributed by atoms with Crippen LogP contribution in [0.2, 0.25) is 0 Å². The summed E-state index contributed by atoms with van der Waals surface area (Å²) in [6.45, 7) is 7.88. The molecule has 1 aliphatic heterocycles. The van der Waals surface area contributed by atoms with Crippen molar-refractivity contribution < 1.29 is 9.59 Å². The standard InChI is InChI=1S/C17H30N6O2/c1-10(2)11(3)16(19)13-9-23(22-21-13)14(8-15(18)24)17(25)12-4-6-20-7-5-12/h9-12,14,16,20H,4-8,19H2,1-3H3,(H2,18,24)/t11-,14-,16-/m0/s1. The number of aromatic nitrogens is 3. The molecule has 1 aliphatic rings. The Balaban J connectivity index is 2.20. The highest BCUT2D eigenvalue weighted by Crippen LogP contribution is 2.26. The fraction of sp³-hybridized carbons (Fsp3) is 0.765. The van der Waals surface area contributed by atoms with Gasteiger partial charge < -0.3 is 16.8 Å². The number of Topliss-reactive ketones (excluding diaryl/α,β-unsaturated/α-hetero) is 1. The van der Waals surface area contributed by atoms with Crippen LogP contribution in [0, 0.1) is 17.8 Å². The van der Waals surface area contributed by atoms with E-state index in [1.54, 1.807) is 6.20 Å². The summed E-state index contributed by atoms with van der Waals surface area (Å²) in [6, 6.07) is -0.972. The fourth-order valence-corrected chi connectivity index (χ4v) is 3.17. The number of primary amides is 1. The molecular formula is C17H30N6O2. The summed E-state index contributed by atoms with van der Waals surface area (Å²) in [5.41, 5.74) is 12.3. The third-order valence-electron chi connectivity index (χ3n) is 5.27. The second-order valence-corrected chi connectivity index (χ2v) is 7.37. The molecule has 0 unspecified atom stereocenters. The average Bonchev–Trinajstić information content (AvgIpc) is 3.08. The van der Waals surface area contributed by atoms with E-state index in [1.807, 2.05) is 0 Å². The van der Waals surface area contributed by atoms with Crippen LogP contribution in [-0.2, 0) is 9.59 Å². The molecule has 3 atom stereocenters. The van der Waals surface area contributed by atoms with Crippen molar-refractivity contribution in [3.05, 3.63) is 11.9 Å². The van der Waals surface area contributed by atoms with Crippen LogP contribution in [0.4, 0.5) is 0 Å². The zero-order valence-electron chi connectivity index (χ0n) is 15.3. The number of amides is 1. The van der Waals surface area contributed by atoms with E-state index < -0.39 is 11.9 Å². The van der Waals surface area contributed by atoms with E-state index in [0.29, 0.717) is 11.6 Å². The fourth-order valence-electron chi connectivity index (χ4n) is 3.17. The van der Waals surface area contributed by atoms with Crippen molar-refractivity contribution in [1.82, 2.24) is 20.3 Å². The Hall–Kier alpha value is -1.80. The number of hydrogen-bond acceptors (Lipinski definition) is 6. The quantitative estimate of drug-likeness (QED) is 0.628. The van der Waals surface area contributed by atoms with Gasteiger partial charge in [0.2, 0.25) is 5.91 Å². The Morgan fingerprint density at radius 2 is 1.96 bits per heavy atom. The molecule has 8 heteroatoms. The van der Waals surface area contributed by atoms with Crippen molar-refractivity contribution in [3.63, 3.8) is 0 Å². The molecule has 5 N–H and O–H groups in total. The van der Waals surface area contributed by atoms with Crippen molar-refractivity contribution in [3.8, 4) is 0 Å². The molecule has 1 amide bonds. The lowest BCUT2D eigenvalue weighted by Gasteiger charge is -2.25. The summed E-state index contributed by atoms with van der Waals surface area (Å²) < 4.78 is 1.47. The van der Waals surface area contributed by atoms with Gasteiger partial charge in [0, 0.05) is 5.92 Å². The molecular weight excluding hydrogens is 320 g/mol. The minimum Gasteiger partial charge on any atom is -0.370 e. The maximum atomic E-state index is 12.9. The number of nitrogens with zero attached hydrogens (tertiary/aromatic N) is 3. The first-order valence-electron chi connectivity index (χ1n) is 9.01. The molecule has 25 heavy (non-hydrogen) atoms. The van der Waals surface area contributed by atoms with Crippen LogP contribution in [0.15, 0.2) is 6.20 Å². The van der Waals surface area contributed by atoms with Crippen LogP contribution in [0.3, 0.4) is 0 Å². The third-order valence-corrected chi connectivity index (χ3v) is 5.27. The number of rotatable bonds is 8. The van der Waals surface area contributed by atoms with Crippen LogP contribution in [0.5, 0.6) is 0 Å². The molecule has 0 bridgehead atoms. The van der Waals surface area contributed by atoms with Crippen LogP contribution in [-0.4, -0.2) is 39.8 Å². The van der Waals surface area contributed by atoms with E-state index in [2.05, 4.69) is 36.4 Å². The lowest BCUT2D eigenvalue weighted by Crippen LogP contribution is -2.37. The minimum absolute atomic E-state index is 0.00206. The first-order valence-corrected chi connectivity index (χ1v) is 9.01. The Morgan fingerprint density at radius 3 is 2.52 bits per heavy atom. The van der Waals surface area contributed by atoms with Crippen LogP contribution in [0.1, 0.15) is 57.8 Å². The first-order chi connectivity index (χ1) is 11.8. The van der Waals surface area contributed by atoms with Crippen molar-refractivity contribution in [2.75, 3.05) is 13.1 Å². The summed E-state index contributed by atoms with van der Waals surface area (Å²) in [5, 5.41) is 11.5. The SMILES string of the molecule is CC(C)[C@H](C)[C@H](N)c1cn([C@@H](CC(N)=O)C(=O)C2CCNCC2)nn1. The number of hydrogen-bond donors (Lipinski definition) is 3. The average molecular weight is 350 g/mol. The number of carbonyl (C=O) groups is 2. The molecule has 0 aliphatic carbocycles. The molecule has 0 spiro atoms. The van der Waals surface area contributed by atoms with E-state index in [0.717, 1.165) is 25.9 Å². The molecule has 1 aromatic rings. The predicted octanol–water partition coefficient (Wildman–Crippen LogP) is 0.555. The summed E-state index contributed by atoms with van der Waals surface area (Å²) in [4.78, 5) is 24.4. The van der Waals surface area contributed by atoms with Crippen LogP contribution in [0.25, 0.3) is 0 Å². The van der Waals surface area contributed by atoms with Crippen molar-refractivity contribution in [2.45, 2.75) is 52.1 Å².